The summed E-state index contributed by atoms with van der Waals surface area (Å²) in [5, 5.41) is 19.6. The molecule has 7 nitrogen and oxygen atoms in total. The van der Waals surface area contributed by atoms with E-state index >= 15 is 0 Å². The van der Waals surface area contributed by atoms with Gasteiger partial charge in [-0.15, -0.1) is 0 Å². The predicted molar refractivity (Wildman–Crippen MR) is 91.4 cm³/mol. The molecule has 0 bridgehead atoms. The van der Waals surface area contributed by atoms with Gasteiger partial charge in [-0.25, -0.2) is 0 Å². The average Bonchev–Trinajstić information content (AvgIpc) is 2.96. The van der Waals surface area contributed by atoms with Crippen LogP contribution in [0.25, 0.3) is 0 Å². The van der Waals surface area contributed by atoms with Crippen LogP contribution in [0.1, 0.15) is 51.7 Å². The first-order chi connectivity index (χ1) is 11.1. The van der Waals surface area contributed by atoms with Crippen LogP contribution in [0.3, 0.4) is 0 Å². The number of hydrogen-bond acceptors (Lipinski definition) is 5. The van der Waals surface area contributed by atoms with Gasteiger partial charge in [-0.2, -0.15) is 4.98 Å². The van der Waals surface area contributed by atoms with Gasteiger partial charge in [0.1, 0.15) is 0 Å². The van der Waals surface area contributed by atoms with E-state index < -0.39 is 0 Å². The van der Waals surface area contributed by atoms with Crippen LogP contribution in [0.4, 0.5) is 0 Å². The number of aliphatic hydroxyl groups is 1. The molecule has 1 heterocycles. The molecule has 0 aliphatic heterocycles. The summed E-state index contributed by atoms with van der Waals surface area (Å²) in [4.78, 5) is 8.88. The third-order valence-electron chi connectivity index (χ3n) is 4.26. The van der Waals surface area contributed by atoms with Crippen molar-refractivity contribution < 1.29 is 9.63 Å². The molecule has 1 aromatic rings. The average molecular weight is 325 g/mol. The van der Waals surface area contributed by atoms with Crippen LogP contribution < -0.4 is 10.6 Å². The Kier molecular flexibility index (Phi) is 8.61. The monoisotopic (exact) mass is 325 g/mol. The highest BCUT2D eigenvalue weighted by Crippen LogP contribution is 2.30. The maximum atomic E-state index is 9.30. The molecule has 7 heteroatoms. The first kappa shape index (κ1) is 19.4. The summed E-state index contributed by atoms with van der Waals surface area (Å²) in [6, 6.07) is 0. The van der Waals surface area contributed by atoms with E-state index in [2.05, 4.69) is 34.6 Å². The van der Waals surface area contributed by atoms with Crippen molar-refractivity contribution >= 4 is 5.96 Å². The van der Waals surface area contributed by atoms with Gasteiger partial charge in [0, 0.05) is 32.7 Å². The summed E-state index contributed by atoms with van der Waals surface area (Å²) in [5.41, 5.74) is 0.0701. The van der Waals surface area contributed by atoms with Crippen molar-refractivity contribution in [3.05, 3.63) is 11.7 Å². The molecule has 1 rings (SSSR count). The molecule has 0 aliphatic carbocycles. The van der Waals surface area contributed by atoms with Crippen LogP contribution in [0.15, 0.2) is 9.52 Å². The van der Waals surface area contributed by atoms with Crippen molar-refractivity contribution in [1.82, 2.24) is 20.8 Å². The molecule has 0 atom stereocenters. The highest BCUT2D eigenvalue weighted by atomic mass is 16.5. The molecule has 3 N–H and O–H groups in total. The van der Waals surface area contributed by atoms with Gasteiger partial charge in [-0.3, -0.25) is 4.99 Å². The van der Waals surface area contributed by atoms with E-state index in [1.807, 2.05) is 13.8 Å². The molecular weight excluding hydrogens is 294 g/mol. The normalized spacial score (nSPS) is 12.5. The first-order valence-corrected chi connectivity index (χ1v) is 8.51. The summed E-state index contributed by atoms with van der Waals surface area (Å²) in [5.74, 6) is 2.07. The summed E-state index contributed by atoms with van der Waals surface area (Å²) >= 11 is 0. The van der Waals surface area contributed by atoms with Crippen LogP contribution in [-0.2, 0) is 6.42 Å². The van der Waals surface area contributed by atoms with Crippen molar-refractivity contribution in [3.8, 4) is 0 Å². The Balaban J connectivity index is 2.57. The minimum absolute atomic E-state index is 0.0701. The molecule has 0 amide bonds. The van der Waals surface area contributed by atoms with Gasteiger partial charge in [0.05, 0.1) is 0 Å². The van der Waals surface area contributed by atoms with Gasteiger partial charge in [0.2, 0.25) is 5.89 Å². The summed E-state index contributed by atoms with van der Waals surface area (Å²) in [6.45, 7) is 10.6. The fourth-order valence-corrected chi connectivity index (χ4v) is 2.46. The number of nitrogens with one attached hydrogen (secondary N) is 2. The topological polar surface area (TPSA) is 95.6 Å². The molecule has 0 unspecified atom stereocenters. The van der Waals surface area contributed by atoms with Crippen LogP contribution in [0, 0.1) is 12.3 Å². The number of aliphatic imine (C=N–C) groups is 1. The molecule has 132 valence electrons. The Bertz CT molecular complexity index is 469. The Morgan fingerprint density at radius 2 is 2.00 bits per heavy atom. The number of guanidine groups is 1. The van der Waals surface area contributed by atoms with Gasteiger partial charge in [-0.1, -0.05) is 19.0 Å². The molecule has 0 fully saturated rings. The van der Waals surface area contributed by atoms with E-state index in [1.165, 1.54) is 0 Å². The van der Waals surface area contributed by atoms with E-state index in [0.717, 1.165) is 31.8 Å². The Labute approximate surface area is 139 Å². The van der Waals surface area contributed by atoms with Gasteiger partial charge in [0.15, 0.2) is 11.8 Å². The quantitative estimate of drug-likeness (QED) is 0.447. The van der Waals surface area contributed by atoms with Gasteiger partial charge in [-0.05, 0) is 38.5 Å². The van der Waals surface area contributed by atoms with Crippen LogP contribution in [0.5, 0.6) is 0 Å². The van der Waals surface area contributed by atoms with Crippen molar-refractivity contribution in [2.24, 2.45) is 10.4 Å². The molecule has 0 aromatic carbocycles. The molecule has 0 saturated carbocycles. The second kappa shape index (κ2) is 10.2. The second-order valence-electron chi connectivity index (χ2n) is 5.79. The zero-order chi connectivity index (χ0) is 17.1. The highest BCUT2D eigenvalue weighted by molar-refractivity contribution is 5.79. The Morgan fingerprint density at radius 1 is 1.26 bits per heavy atom. The zero-order valence-corrected chi connectivity index (χ0v) is 14.9. The second-order valence-corrected chi connectivity index (χ2v) is 5.79. The molecule has 0 spiro atoms. The molecular formula is C16H31N5O2. The van der Waals surface area contributed by atoms with E-state index in [9.17, 15) is 5.11 Å². The summed E-state index contributed by atoms with van der Waals surface area (Å²) in [6.07, 6.45) is 3.46. The smallest absolute Gasteiger partial charge is 0.228 e. The number of hydrogen-bond donors (Lipinski definition) is 3. The summed E-state index contributed by atoms with van der Waals surface area (Å²) in [7, 11) is 0. The molecule has 0 radical (unpaired) electrons. The van der Waals surface area contributed by atoms with Gasteiger partial charge < -0.3 is 20.3 Å². The van der Waals surface area contributed by atoms with Crippen LogP contribution >= 0.6 is 0 Å². The fraction of sp³-hybridized carbons (Fsp3) is 0.812. The lowest BCUT2D eigenvalue weighted by molar-refractivity contribution is 0.175. The molecule has 0 aliphatic rings. The largest absolute Gasteiger partial charge is 0.396 e. The predicted octanol–water partition coefficient (Wildman–Crippen LogP) is 1.66. The van der Waals surface area contributed by atoms with E-state index in [0.29, 0.717) is 31.2 Å². The number of aromatic nitrogens is 2. The highest BCUT2D eigenvalue weighted by Gasteiger charge is 2.25. The third-order valence-corrected chi connectivity index (χ3v) is 4.26. The van der Waals surface area contributed by atoms with Crippen LogP contribution in [-0.4, -0.2) is 47.4 Å². The lowest BCUT2D eigenvalue weighted by atomic mass is 9.79. The maximum Gasteiger partial charge on any atom is 0.228 e. The van der Waals surface area contributed by atoms with E-state index in [4.69, 9.17) is 9.52 Å². The van der Waals surface area contributed by atoms with Gasteiger partial charge >= 0.3 is 0 Å². The fourth-order valence-electron chi connectivity index (χ4n) is 2.46. The number of nitrogens with zero attached hydrogens (tertiary/aromatic N) is 3. The minimum atomic E-state index is 0.0701. The summed E-state index contributed by atoms with van der Waals surface area (Å²) < 4.78 is 5.10. The van der Waals surface area contributed by atoms with Crippen molar-refractivity contribution in [1.29, 1.82) is 0 Å². The first-order valence-electron chi connectivity index (χ1n) is 8.51. The van der Waals surface area contributed by atoms with Crippen molar-refractivity contribution in [2.75, 3.05) is 26.2 Å². The van der Waals surface area contributed by atoms with Crippen LogP contribution in [0.2, 0.25) is 0 Å². The lowest BCUT2D eigenvalue weighted by Crippen LogP contribution is -2.39. The lowest BCUT2D eigenvalue weighted by Gasteiger charge is -2.29. The van der Waals surface area contributed by atoms with Crippen molar-refractivity contribution in [2.45, 2.75) is 53.4 Å². The van der Waals surface area contributed by atoms with Gasteiger partial charge in [0.25, 0.3) is 0 Å². The Morgan fingerprint density at radius 3 is 2.52 bits per heavy atom. The zero-order valence-electron chi connectivity index (χ0n) is 14.9. The van der Waals surface area contributed by atoms with E-state index in [1.54, 1.807) is 0 Å². The number of rotatable bonds is 10. The maximum absolute atomic E-state index is 9.30. The standard InChI is InChI=1S/C16H31N5O2/c1-5-16(6-2,9-11-22)12-19-15(17-7-3)18-10-8-14-20-13(4)21-23-14/h22H,5-12H2,1-4H3,(H2,17,18,19). The molecule has 1 aromatic heterocycles. The molecule has 0 saturated heterocycles. The third kappa shape index (κ3) is 6.56. The molecule has 23 heavy (non-hydrogen) atoms. The number of aliphatic hydroxyl groups excluding tert-OH is 1. The minimum Gasteiger partial charge on any atom is -0.396 e. The SMILES string of the molecule is CCNC(=NCC(CC)(CC)CCO)NCCc1nc(C)no1. The number of aryl methyl sites for hydroxylation is 1. The Hall–Kier alpha value is -1.63. The van der Waals surface area contributed by atoms with E-state index in [-0.39, 0.29) is 12.0 Å². The van der Waals surface area contributed by atoms with Crippen molar-refractivity contribution in [3.63, 3.8) is 0 Å².